The van der Waals surface area contributed by atoms with E-state index >= 15 is 0 Å². The first-order chi connectivity index (χ1) is 8.89. The molecular formula is C13H17NO4S. The summed E-state index contributed by atoms with van der Waals surface area (Å²) in [6.07, 6.45) is 1.70. The summed E-state index contributed by atoms with van der Waals surface area (Å²) in [6, 6.07) is 7.26. The van der Waals surface area contributed by atoms with Gasteiger partial charge in [0.1, 0.15) is 11.0 Å². The Bertz CT molecular complexity index is 582. The van der Waals surface area contributed by atoms with E-state index in [9.17, 15) is 13.2 Å². The molecule has 0 unspecified atom stereocenters. The minimum Gasteiger partial charge on any atom is -0.493 e. The topological polar surface area (TPSA) is 72.5 Å². The minimum atomic E-state index is -3.37. The maximum Gasteiger partial charge on any atom is 0.238 e. The normalized spacial score (nSPS) is 20.0. The van der Waals surface area contributed by atoms with E-state index in [0.29, 0.717) is 13.0 Å². The molecule has 0 aliphatic carbocycles. The third-order valence-electron chi connectivity index (χ3n) is 3.29. The lowest BCUT2D eigenvalue weighted by Gasteiger charge is -2.27. The molecule has 0 saturated carbocycles. The number of sulfone groups is 1. The molecule has 0 fully saturated rings. The molecule has 5 nitrogen and oxygen atoms in total. The fourth-order valence-corrected chi connectivity index (χ4v) is 2.43. The molecule has 2 rings (SSSR count). The van der Waals surface area contributed by atoms with Gasteiger partial charge in [-0.2, -0.15) is 0 Å². The summed E-state index contributed by atoms with van der Waals surface area (Å²) in [6.45, 7) is 1.91. The standard InChI is InChI=1S/C13H17NO4S/c1-9(19(2,16)17)13(15)14-11-7-8-18-12-6-4-3-5-10(11)12/h3-6,9,11H,7-8H2,1-2H3,(H,14,15)/t9-,11-/m1/s1. The van der Waals surface area contributed by atoms with Crippen LogP contribution < -0.4 is 10.1 Å². The molecule has 1 amide bonds. The van der Waals surface area contributed by atoms with Crippen molar-refractivity contribution in [3.63, 3.8) is 0 Å². The second-order valence-electron chi connectivity index (χ2n) is 4.71. The molecule has 2 atom stereocenters. The van der Waals surface area contributed by atoms with Crippen LogP contribution in [-0.4, -0.2) is 32.4 Å². The summed E-state index contributed by atoms with van der Waals surface area (Å²) in [5.74, 6) is 0.273. The van der Waals surface area contributed by atoms with Crippen LogP contribution in [0.1, 0.15) is 24.9 Å². The zero-order chi connectivity index (χ0) is 14.0. The van der Waals surface area contributed by atoms with Crippen molar-refractivity contribution in [3.05, 3.63) is 29.8 Å². The zero-order valence-corrected chi connectivity index (χ0v) is 11.7. The quantitative estimate of drug-likeness (QED) is 0.900. The maximum atomic E-state index is 11.9. The average Bonchev–Trinajstić information content (AvgIpc) is 2.37. The fraction of sp³-hybridized carbons (Fsp3) is 0.462. The van der Waals surface area contributed by atoms with Crippen molar-refractivity contribution in [3.8, 4) is 5.75 Å². The third kappa shape index (κ3) is 3.07. The molecule has 1 aliphatic rings. The number of carbonyl (C=O) groups is 1. The Balaban J connectivity index is 2.15. The van der Waals surface area contributed by atoms with Gasteiger partial charge in [0, 0.05) is 18.2 Å². The number of rotatable bonds is 3. The van der Waals surface area contributed by atoms with Gasteiger partial charge in [0.05, 0.1) is 12.6 Å². The summed E-state index contributed by atoms with van der Waals surface area (Å²) < 4.78 is 28.2. The van der Waals surface area contributed by atoms with Crippen LogP contribution in [0.25, 0.3) is 0 Å². The Hall–Kier alpha value is -1.56. The van der Waals surface area contributed by atoms with Crippen LogP contribution in [0.4, 0.5) is 0 Å². The van der Waals surface area contributed by atoms with Gasteiger partial charge >= 0.3 is 0 Å². The Labute approximate surface area is 112 Å². The Kier molecular flexibility index (Phi) is 3.80. The lowest BCUT2D eigenvalue weighted by atomic mass is 10.0. The Morgan fingerprint density at radius 2 is 2.11 bits per heavy atom. The van der Waals surface area contributed by atoms with Gasteiger partial charge in [-0.15, -0.1) is 0 Å². The molecule has 104 valence electrons. The summed E-state index contributed by atoms with van der Waals surface area (Å²) in [7, 11) is -3.37. The maximum absolute atomic E-state index is 11.9. The predicted octanol–water partition coefficient (Wildman–Crippen LogP) is 1.06. The average molecular weight is 283 g/mol. The van der Waals surface area contributed by atoms with Crippen LogP contribution in [-0.2, 0) is 14.6 Å². The van der Waals surface area contributed by atoms with Crippen molar-refractivity contribution in [2.24, 2.45) is 0 Å². The number of hydrogen-bond acceptors (Lipinski definition) is 4. The molecule has 0 radical (unpaired) electrons. The van der Waals surface area contributed by atoms with E-state index < -0.39 is 21.0 Å². The third-order valence-corrected chi connectivity index (χ3v) is 4.78. The molecule has 1 aliphatic heterocycles. The van der Waals surface area contributed by atoms with Crippen LogP contribution in [0.3, 0.4) is 0 Å². The first-order valence-corrected chi connectivity index (χ1v) is 8.06. The lowest BCUT2D eigenvalue weighted by Crippen LogP contribution is -2.40. The van der Waals surface area contributed by atoms with Crippen molar-refractivity contribution in [2.45, 2.75) is 24.6 Å². The van der Waals surface area contributed by atoms with Crippen molar-refractivity contribution < 1.29 is 17.9 Å². The summed E-state index contributed by atoms with van der Waals surface area (Å²) in [4.78, 5) is 11.9. The van der Waals surface area contributed by atoms with Gasteiger partial charge < -0.3 is 10.1 Å². The molecule has 19 heavy (non-hydrogen) atoms. The molecule has 0 bridgehead atoms. The van der Waals surface area contributed by atoms with Crippen LogP contribution >= 0.6 is 0 Å². The van der Waals surface area contributed by atoms with Gasteiger partial charge in [-0.25, -0.2) is 8.42 Å². The highest BCUT2D eigenvalue weighted by Crippen LogP contribution is 2.31. The molecule has 6 heteroatoms. The number of hydrogen-bond donors (Lipinski definition) is 1. The second-order valence-corrected chi connectivity index (χ2v) is 7.07. The van der Waals surface area contributed by atoms with Crippen molar-refractivity contribution >= 4 is 15.7 Å². The van der Waals surface area contributed by atoms with Crippen molar-refractivity contribution in [2.75, 3.05) is 12.9 Å². The van der Waals surface area contributed by atoms with Gasteiger partial charge in [0.15, 0.2) is 9.84 Å². The van der Waals surface area contributed by atoms with Crippen molar-refractivity contribution in [1.82, 2.24) is 5.32 Å². The van der Waals surface area contributed by atoms with Gasteiger partial charge in [-0.05, 0) is 13.0 Å². The van der Waals surface area contributed by atoms with Gasteiger partial charge in [-0.1, -0.05) is 18.2 Å². The van der Waals surface area contributed by atoms with Gasteiger partial charge in [0.25, 0.3) is 0 Å². The van der Waals surface area contributed by atoms with E-state index in [1.807, 2.05) is 24.3 Å². The van der Waals surface area contributed by atoms with E-state index in [1.54, 1.807) is 0 Å². The van der Waals surface area contributed by atoms with E-state index in [4.69, 9.17) is 4.74 Å². The molecular weight excluding hydrogens is 266 g/mol. The molecule has 1 heterocycles. The van der Waals surface area contributed by atoms with Crippen LogP contribution in [0.2, 0.25) is 0 Å². The molecule has 1 aromatic rings. The highest BCUT2D eigenvalue weighted by molar-refractivity contribution is 7.92. The SMILES string of the molecule is C[C@H](C(=O)N[C@@H]1CCOc2ccccc21)S(C)(=O)=O. The predicted molar refractivity (Wildman–Crippen MR) is 71.7 cm³/mol. The monoisotopic (exact) mass is 283 g/mol. The largest absolute Gasteiger partial charge is 0.493 e. The molecule has 1 aromatic carbocycles. The Morgan fingerprint density at radius 1 is 1.42 bits per heavy atom. The molecule has 0 aromatic heterocycles. The molecule has 0 saturated heterocycles. The number of nitrogens with one attached hydrogen (secondary N) is 1. The molecule has 0 spiro atoms. The smallest absolute Gasteiger partial charge is 0.238 e. The number of fused-ring (bicyclic) bond motifs is 1. The summed E-state index contributed by atoms with van der Waals surface area (Å²) in [5, 5.41) is 1.74. The van der Waals surface area contributed by atoms with Crippen molar-refractivity contribution in [1.29, 1.82) is 0 Å². The summed E-state index contributed by atoms with van der Waals surface area (Å²) in [5.41, 5.74) is 0.891. The highest BCUT2D eigenvalue weighted by atomic mass is 32.2. The second kappa shape index (κ2) is 5.21. The van der Waals surface area contributed by atoms with E-state index in [-0.39, 0.29) is 6.04 Å². The number of benzene rings is 1. The van der Waals surface area contributed by atoms with Gasteiger partial charge in [-0.3, -0.25) is 4.79 Å². The fourth-order valence-electron chi connectivity index (χ4n) is 1.98. The number of ether oxygens (including phenoxy) is 1. The van der Waals surface area contributed by atoms with E-state index in [1.165, 1.54) is 6.92 Å². The summed E-state index contributed by atoms with van der Waals surface area (Å²) >= 11 is 0. The first kappa shape index (κ1) is 13.9. The zero-order valence-electron chi connectivity index (χ0n) is 10.9. The lowest BCUT2D eigenvalue weighted by molar-refractivity contribution is -0.121. The van der Waals surface area contributed by atoms with E-state index in [0.717, 1.165) is 17.6 Å². The highest BCUT2D eigenvalue weighted by Gasteiger charge is 2.28. The number of para-hydroxylation sites is 1. The molecule has 1 N–H and O–H groups in total. The van der Waals surface area contributed by atoms with Crippen LogP contribution in [0.5, 0.6) is 5.75 Å². The van der Waals surface area contributed by atoms with Crippen LogP contribution in [0, 0.1) is 0 Å². The van der Waals surface area contributed by atoms with Crippen LogP contribution in [0.15, 0.2) is 24.3 Å². The van der Waals surface area contributed by atoms with E-state index in [2.05, 4.69) is 5.32 Å². The Morgan fingerprint density at radius 3 is 2.79 bits per heavy atom. The number of carbonyl (C=O) groups excluding carboxylic acids is 1. The number of amides is 1. The minimum absolute atomic E-state index is 0.193. The van der Waals surface area contributed by atoms with Gasteiger partial charge in [0.2, 0.25) is 5.91 Å². The first-order valence-electron chi connectivity index (χ1n) is 6.10.